The Morgan fingerprint density at radius 2 is 1.68 bits per heavy atom. The molecule has 0 radical (unpaired) electrons. The van der Waals surface area contributed by atoms with Gasteiger partial charge in [-0.1, -0.05) is 11.8 Å². The highest BCUT2D eigenvalue weighted by atomic mass is 79.9. The van der Waals surface area contributed by atoms with E-state index in [0.717, 1.165) is 21.3 Å². The Morgan fingerprint density at radius 3 is 2.27 bits per heavy atom. The van der Waals surface area contributed by atoms with E-state index in [4.69, 9.17) is 9.84 Å². The first kappa shape index (κ1) is 16.4. The molecule has 0 aromatic heterocycles. The number of halogens is 1. The zero-order chi connectivity index (χ0) is 15.9. The first-order chi connectivity index (χ1) is 10.6. The monoisotopic (exact) mass is 359 g/mol. The minimum atomic E-state index is -0.00303. The lowest BCUT2D eigenvalue weighted by atomic mass is 10.1. The summed E-state index contributed by atoms with van der Waals surface area (Å²) in [4.78, 5) is 2.05. The summed E-state index contributed by atoms with van der Waals surface area (Å²) in [5.74, 6) is 6.99. The number of aliphatic hydroxyl groups excluding tert-OH is 1. The van der Waals surface area contributed by atoms with Crippen LogP contribution in [-0.2, 0) is 0 Å². The van der Waals surface area contributed by atoms with Gasteiger partial charge in [-0.3, -0.25) is 0 Å². The van der Waals surface area contributed by atoms with Gasteiger partial charge in [0.2, 0.25) is 0 Å². The standard InChI is InChI=1S/C18H18BrNO2/c1-20(2)16-8-5-14(6-9-16)3-4-15-7-10-18(17(19)13-15)22-12-11-21/h5-10,13,21H,11-12H2,1-2H3. The molecule has 0 unspecified atom stereocenters. The number of aliphatic hydroxyl groups is 1. The Balaban J connectivity index is 2.12. The second-order valence-electron chi connectivity index (χ2n) is 4.91. The molecule has 0 spiro atoms. The van der Waals surface area contributed by atoms with Crippen molar-refractivity contribution in [1.29, 1.82) is 0 Å². The number of anilines is 1. The largest absolute Gasteiger partial charge is 0.490 e. The minimum Gasteiger partial charge on any atom is -0.490 e. The van der Waals surface area contributed by atoms with Crippen LogP contribution in [0.25, 0.3) is 0 Å². The second-order valence-corrected chi connectivity index (χ2v) is 5.76. The Bertz CT molecular complexity index is 684. The lowest BCUT2D eigenvalue weighted by molar-refractivity contribution is 0.200. The molecule has 22 heavy (non-hydrogen) atoms. The van der Waals surface area contributed by atoms with Gasteiger partial charge < -0.3 is 14.7 Å². The molecule has 2 aromatic carbocycles. The van der Waals surface area contributed by atoms with Gasteiger partial charge in [-0.05, 0) is 58.4 Å². The van der Waals surface area contributed by atoms with E-state index < -0.39 is 0 Å². The van der Waals surface area contributed by atoms with Gasteiger partial charge in [0.15, 0.2) is 0 Å². The van der Waals surface area contributed by atoms with Crippen LogP contribution in [0.4, 0.5) is 5.69 Å². The van der Waals surface area contributed by atoms with E-state index in [2.05, 4.69) is 32.7 Å². The predicted octanol–water partition coefficient (Wildman–Crippen LogP) is 3.29. The number of hydrogen-bond acceptors (Lipinski definition) is 3. The molecule has 0 saturated carbocycles. The van der Waals surface area contributed by atoms with Crippen LogP contribution in [0.5, 0.6) is 5.75 Å². The SMILES string of the molecule is CN(C)c1ccc(C#Cc2ccc(OCCO)c(Br)c2)cc1. The van der Waals surface area contributed by atoms with Crippen LogP contribution in [0.1, 0.15) is 11.1 Å². The van der Waals surface area contributed by atoms with Crippen molar-refractivity contribution in [1.82, 2.24) is 0 Å². The number of hydrogen-bond donors (Lipinski definition) is 1. The Labute approximate surface area is 139 Å². The van der Waals surface area contributed by atoms with Crippen LogP contribution in [0.15, 0.2) is 46.9 Å². The smallest absolute Gasteiger partial charge is 0.133 e. The molecule has 2 rings (SSSR count). The second kappa shape index (κ2) is 7.88. The van der Waals surface area contributed by atoms with Gasteiger partial charge in [0.05, 0.1) is 11.1 Å². The summed E-state index contributed by atoms with van der Waals surface area (Å²) in [6.45, 7) is 0.277. The van der Waals surface area contributed by atoms with Gasteiger partial charge in [0, 0.05) is 30.9 Å². The van der Waals surface area contributed by atoms with Crippen molar-refractivity contribution in [3.05, 3.63) is 58.1 Å². The number of ether oxygens (including phenoxy) is 1. The molecule has 0 bridgehead atoms. The fourth-order valence-corrected chi connectivity index (χ4v) is 2.33. The van der Waals surface area contributed by atoms with Crippen molar-refractivity contribution in [3.63, 3.8) is 0 Å². The highest BCUT2D eigenvalue weighted by Gasteiger charge is 2.01. The summed E-state index contributed by atoms with van der Waals surface area (Å²) in [6.07, 6.45) is 0. The highest BCUT2D eigenvalue weighted by molar-refractivity contribution is 9.10. The van der Waals surface area contributed by atoms with Crippen LogP contribution < -0.4 is 9.64 Å². The van der Waals surface area contributed by atoms with Gasteiger partial charge in [-0.15, -0.1) is 0 Å². The van der Waals surface area contributed by atoms with Crippen molar-refractivity contribution in [2.24, 2.45) is 0 Å². The fraction of sp³-hybridized carbons (Fsp3) is 0.222. The number of nitrogens with zero attached hydrogens (tertiary/aromatic N) is 1. The van der Waals surface area contributed by atoms with Crippen molar-refractivity contribution < 1.29 is 9.84 Å². The highest BCUT2D eigenvalue weighted by Crippen LogP contribution is 2.25. The molecule has 0 amide bonds. The van der Waals surface area contributed by atoms with Crippen molar-refractivity contribution in [2.75, 3.05) is 32.2 Å². The fourth-order valence-electron chi connectivity index (χ4n) is 1.84. The number of rotatable bonds is 4. The summed E-state index contributed by atoms with van der Waals surface area (Å²) < 4.78 is 6.22. The van der Waals surface area contributed by atoms with Crippen LogP contribution in [0.2, 0.25) is 0 Å². The van der Waals surface area contributed by atoms with Gasteiger partial charge in [-0.2, -0.15) is 0 Å². The first-order valence-electron chi connectivity index (χ1n) is 6.93. The first-order valence-corrected chi connectivity index (χ1v) is 7.72. The molecular weight excluding hydrogens is 342 g/mol. The van der Waals surface area contributed by atoms with Crippen LogP contribution >= 0.6 is 15.9 Å². The molecule has 114 valence electrons. The molecule has 0 aliphatic carbocycles. The van der Waals surface area contributed by atoms with E-state index in [1.807, 2.05) is 56.6 Å². The van der Waals surface area contributed by atoms with E-state index in [1.165, 1.54) is 0 Å². The summed E-state index contributed by atoms with van der Waals surface area (Å²) in [5.41, 5.74) is 3.03. The Morgan fingerprint density at radius 1 is 1.05 bits per heavy atom. The zero-order valence-electron chi connectivity index (χ0n) is 12.6. The molecule has 0 heterocycles. The van der Waals surface area contributed by atoms with E-state index in [9.17, 15) is 0 Å². The van der Waals surface area contributed by atoms with Gasteiger partial charge in [-0.25, -0.2) is 0 Å². The maximum Gasteiger partial charge on any atom is 0.133 e. The van der Waals surface area contributed by atoms with Crippen LogP contribution in [0.3, 0.4) is 0 Å². The molecule has 1 N–H and O–H groups in total. The average molecular weight is 360 g/mol. The molecule has 0 aliphatic rings. The van der Waals surface area contributed by atoms with Crippen molar-refractivity contribution in [2.45, 2.75) is 0 Å². The zero-order valence-corrected chi connectivity index (χ0v) is 14.2. The molecule has 0 aliphatic heterocycles. The lowest BCUT2D eigenvalue weighted by Crippen LogP contribution is -2.07. The molecule has 3 nitrogen and oxygen atoms in total. The minimum absolute atomic E-state index is 0.00303. The average Bonchev–Trinajstić information content (AvgIpc) is 2.52. The maximum atomic E-state index is 8.77. The number of benzene rings is 2. The summed E-state index contributed by atoms with van der Waals surface area (Å²) in [5, 5.41) is 8.77. The lowest BCUT2D eigenvalue weighted by Gasteiger charge is -2.11. The third-order valence-electron chi connectivity index (χ3n) is 3.02. The Kier molecular flexibility index (Phi) is 5.88. The van der Waals surface area contributed by atoms with Crippen LogP contribution in [-0.4, -0.2) is 32.4 Å². The van der Waals surface area contributed by atoms with Crippen molar-refractivity contribution in [3.8, 4) is 17.6 Å². The molecule has 4 heteroatoms. The van der Waals surface area contributed by atoms with E-state index in [0.29, 0.717) is 5.75 Å². The van der Waals surface area contributed by atoms with E-state index in [1.54, 1.807) is 0 Å². The summed E-state index contributed by atoms with van der Waals surface area (Å²) >= 11 is 3.45. The molecule has 2 aromatic rings. The van der Waals surface area contributed by atoms with Gasteiger partial charge in [0.25, 0.3) is 0 Å². The molecule has 0 saturated heterocycles. The normalized spacial score (nSPS) is 9.82. The predicted molar refractivity (Wildman–Crippen MR) is 93.5 cm³/mol. The molecule has 0 atom stereocenters. The Hall–Kier alpha value is -1.96. The summed E-state index contributed by atoms with van der Waals surface area (Å²) in [6, 6.07) is 13.8. The summed E-state index contributed by atoms with van der Waals surface area (Å²) in [7, 11) is 4.03. The van der Waals surface area contributed by atoms with E-state index in [-0.39, 0.29) is 13.2 Å². The van der Waals surface area contributed by atoms with Crippen molar-refractivity contribution >= 4 is 21.6 Å². The maximum absolute atomic E-state index is 8.77. The third kappa shape index (κ3) is 4.52. The topological polar surface area (TPSA) is 32.7 Å². The third-order valence-corrected chi connectivity index (χ3v) is 3.64. The van der Waals surface area contributed by atoms with Gasteiger partial charge >= 0.3 is 0 Å². The molecular formula is C18H18BrNO2. The van der Waals surface area contributed by atoms with Crippen LogP contribution in [0, 0.1) is 11.8 Å². The van der Waals surface area contributed by atoms with E-state index >= 15 is 0 Å². The quantitative estimate of drug-likeness (QED) is 0.850. The molecule has 0 fully saturated rings. The van der Waals surface area contributed by atoms with Gasteiger partial charge in [0.1, 0.15) is 12.4 Å².